The molecule has 1 aromatic rings. The zero-order valence-corrected chi connectivity index (χ0v) is 12.8. The molecule has 1 N–H and O–H groups in total. The lowest BCUT2D eigenvalue weighted by Gasteiger charge is -2.32. The first-order chi connectivity index (χ1) is 10.7. The Kier molecular flexibility index (Phi) is 4.54. The monoisotopic (exact) mass is 330 g/mol. The van der Waals surface area contributed by atoms with Gasteiger partial charge in [0, 0.05) is 20.1 Å². The molecule has 23 heavy (non-hydrogen) atoms. The van der Waals surface area contributed by atoms with Gasteiger partial charge in [-0.05, 0) is 19.3 Å². The maximum atomic E-state index is 12.9. The second-order valence-corrected chi connectivity index (χ2v) is 5.79. The van der Waals surface area contributed by atoms with Crippen LogP contribution in [0, 0.1) is 17.2 Å². The summed E-state index contributed by atoms with van der Waals surface area (Å²) in [6, 6.07) is 1.18. The number of aromatic nitrogens is 2. The lowest BCUT2D eigenvalue weighted by Crippen LogP contribution is -2.42. The Labute approximate surface area is 130 Å². The summed E-state index contributed by atoms with van der Waals surface area (Å²) in [7, 11) is 2.62. The van der Waals surface area contributed by atoms with Gasteiger partial charge in [-0.25, -0.2) is 4.79 Å². The van der Waals surface area contributed by atoms with Gasteiger partial charge in [-0.15, -0.1) is 0 Å². The highest BCUT2D eigenvalue weighted by Crippen LogP contribution is 2.38. The predicted molar refractivity (Wildman–Crippen MR) is 77.1 cm³/mol. The molecule has 0 amide bonds. The van der Waals surface area contributed by atoms with Gasteiger partial charge in [-0.1, -0.05) is 6.42 Å². The molecule has 1 saturated carbocycles. The van der Waals surface area contributed by atoms with E-state index in [2.05, 4.69) is 5.32 Å². The second-order valence-electron chi connectivity index (χ2n) is 5.79. The maximum Gasteiger partial charge on any atom is 0.391 e. The van der Waals surface area contributed by atoms with E-state index in [0.717, 1.165) is 9.13 Å². The summed E-state index contributed by atoms with van der Waals surface area (Å²) in [5, 5.41) is 12.0. The third-order valence-electron chi connectivity index (χ3n) is 4.25. The summed E-state index contributed by atoms with van der Waals surface area (Å²) in [5.74, 6) is -1.43. The lowest BCUT2D eigenvalue weighted by atomic mass is 9.85. The molecule has 0 bridgehead atoms. The van der Waals surface area contributed by atoms with Gasteiger partial charge in [-0.2, -0.15) is 18.4 Å². The van der Waals surface area contributed by atoms with E-state index in [1.165, 1.54) is 14.1 Å². The topological polar surface area (TPSA) is 79.8 Å². The van der Waals surface area contributed by atoms with Crippen LogP contribution in [0.15, 0.2) is 9.59 Å². The fraction of sp³-hybridized carbons (Fsp3) is 0.643. The Bertz CT molecular complexity index is 757. The van der Waals surface area contributed by atoms with E-state index in [1.807, 2.05) is 0 Å². The highest BCUT2D eigenvalue weighted by molar-refractivity contribution is 5.51. The Morgan fingerprint density at radius 2 is 1.87 bits per heavy atom. The van der Waals surface area contributed by atoms with Crippen LogP contribution >= 0.6 is 0 Å². The van der Waals surface area contributed by atoms with E-state index in [9.17, 15) is 22.8 Å². The smallest absolute Gasteiger partial charge is 0.367 e. The largest absolute Gasteiger partial charge is 0.391 e. The molecule has 0 radical (unpaired) electrons. The molecule has 0 unspecified atom stereocenters. The Hall–Kier alpha value is -2.24. The molecule has 6 nitrogen and oxygen atoms in total. The van der Waals surface area contributed by atoms with Crippen molar-refractivity contribution in [2.75, 3.05) is 5.32 Å². The minimum Gasteiger partial charge on any atom is -0.367 e. The van der Waals surface area contributed by atoms with Crippen LogP contribution < -0.4 is 16.6 Å². The number of rotatable bonds is 2. The van der Waals surface area contributed by atoms with Crippen LogP contribution in [0.3, 0.4) is 0 Å². The van der Waals surface area contributed by atoms with Crippen molar-refractivity contribution in [2.24, 2.45) is 20.0 Å². The van der Waals surface area contributed by atoms with Crippen LogP contribution in [-0.4, -0.2) is 21.4 Å². The van der Waals surface area contributed by atoms with Gasteiger partial charge in [0.1, 0.15) is 11.9 Å². The molecule has 0 aromatic carbocycles. The SMILES string of the molecule is Cn1c(N[C@H]2CCC[C@H](C(F)(F)F)C2)c(C#N)c(=O)n(C)c1=O. The number of nitrogens with one attached hydrogen (secondary N) is 1. The van der Waals surface area contributed by atoms with Gasteiger partial charge in [0.15, 0.2) is 5.56 Å². The van der Waals surface area contributed by atoms with Crippen molar-refractivity contribution in [3.63, 3.8) is 0 Å². The van der Waals surface area contributed by atoms with E-state index >= 15 is 0 Å². The van der Waals surface area contributed by atoms with Crippen molar-refractivity contribution in [1.29, 1.82) is 5.26 Å². The number of hydrogen-bond acceptors (Lipinski definition) is 4. The molecular weight excluding hydrogens is 313 g/mol. The fourth-order valence-electron chi connectivity index (χ4n) is 2.93. The minimum atomic E-state index is -4.27. The van der Waals surface area contributed by atoms with E-state index in [1.54, 1.807) is 6.07 Å². The van der Waals surface area contributed by atoms with Gasteiger partial charge in [-0.3, -0.25) is 13.9 Å². The standard InChI is InChI=1S/C14H17F3N4O2/c1-20-11(10(7-18)12(22)21(2)13(20)23)19-9-5-3-4-8(6-9)14(15,16)17/h8-9,19H,3-6H2,1-2H3/t8-,9-/m0/s1. The van der Waals surface area contributed by atoms with Crippen molar-refractivity contribution in [3.8, 4) is 6.07 Å². The summed E-state index contributed by atoms with van der Waals surface area (Å²) in [6.45, 7) is 0. The van der Waals surface area contributed by atoms with Crippen molar-refractivity contribution in [3.05, 3.63) is 26.4 Å². The summed E-state index contributed by atoms with van der Waals surface area (Å²) in [4.78, 5) is 23.9. The molecule has 1 aliphatic carbocycles. The molecule has 1 aromatic heterocycles. The van der Waals surface area contributed by atoms with Crippen LogP contribution in [0.1, 0.15) is 31.2 Å². The summed E-state index contributed by atoms with van der Waals surface area (Å²) >= 11 is 0. The Morgan fingerprint density at radius 1 is 1.22 bits per heavy atom. The molecule has 0 saturated heterocycles. The van der Waals surface area contributed by atoms with Gasteiger partial charge in [0.25, 0.3) is 5.56 Å². The molecular formula is C14H17F3N4O2. The molecule has 1 aliphatic rings. The van der Waals surface area contributed by atoms with Gasteiger partial charge >= 0.3 is 11.9 Å². The fourth-order valence-corrected chi connectivity index (χ4v) is 2.93. The Morgan fingerprint density at radius 3 is 2.43 bits per heavy atom. The quantitative estimate of drug-likeness (QED) is 0.891. The highest BCUT2D eigenvalue weighted by atomic mass is 19.4. The third-order valence-corrected chi connectivity index (χ3v) is 4.25. The number of alkyl halides is 3. The van der Waals surface area contributed by atoms with Crippen LogP contribution in [-0.2, 0) is 14.1 Å². The lowest BCUT2D eigenvalue weighted by molar-refractivity contribution is -0.182. The first-order valence-corrected chi connectivity index (χ1v) is 7.20. The first kappa shape index (κ1) is 17.1. The summed E-state index contributed by atoms with van der Waals surface area (Å²) < 4.78 is 40.5. The second kappa shape index (κ2) is 6.10. The number of hydrogen-bond donors (Lipinski definition) is 1. The van der Waals surface area contributed by atoms with Gasteiger partial charge in [0.2, 0.25) is 0 Å². The van der Waals surface area contributed by atoms with E-state index in [0.29, 0.717) is 12.8 Å². The molecule has 1 heterocycles. The zero-order chi connectivity index (χ0) is 17.4. The number of nitrogens with zero attached hydrogens (tertiary/aromatic N) is 3. The van der Waals surface area contributed by atoms with E-state index in [-0.39, 0.29) is 24.2 Å². The number of nitriles is 1. The van der Waals surface area contributed by atoms with E-state index < -0.39 is 29.4 Å². The van der Waals surface area contributed by atoms with Crippen LogP contribution in [0.5, 0.6) is 0 Å². The maximum absolute atomic E-state index is 12.9. The molecule has 2 atom stereocenters. The van der Waals surface area contributed by atoms with Gasteiger partial charge < -0.3 is 5.32 Å². The molecule has 2 rings (SSSR count). The van der Waals surface area contributed by atoms with Crippen molar-refractivity contribution >= 4 is 5.82 Å². The normalized spacial score (nSPS) is 21.7. The molecule has 1 fully saturated rings. The van der Waals surface area contributed by atoms with Crippen molar-refractivity contribution in [2.45, 2.75) is 37.9 Å². The molecule has 9 heteroatoms. The highest BCUT2D eigenvalue weighted by Gasteiger charge is 2.42. The molecule has 126 valence electrons. The summed E-state index contributed by atoms with van der Waals surface area (Å²) in [5.41, 5.74) is -1.68. The van der Waals surface area contributed by atoms with Crippen LogP contribution in [0.2, 0.25) is 0 Å². The molecule has 0 aliphatic heterocycles. The Balaban J connectivity index is 2.36. The molecule has 0 spiro atoms. The first-order valence-electron chi connectivity index (χ1n) is 7.20. The van der Waals surface area contributed by atoms with Crippen molar-refractivity contribution in [1.82, 2.24) is 9.13 Å². The van der Waals surface area contributed by atoms with Gasteiger partial charge in [0.05, 0.1) is 5.92 Å². The predicted octanol–water partition coefficient (Wildman–Crippen LogP) is 1.49. The third kappa shape index (κ3) is 3.25. The van der Waals surface area contributed by atoms with Crippen LogP contribution in [0.25, 0.3) is 0 Å². The minimum absolute atomic E-state index is 0.0200. The number of anilines is 1. The van der Waals surface area contributed by atoms with Crippen molar-refractivity contribution < 1.29 is 13.2 Å². The van der Waals surface area contributed by atoms with Crippen LogP contribution in [0.4, 0.5) is 19.0 Å². The summed E-state index contributed by atoms with van der Waals surface area (Å²) in [6.07, 6.45) is -3.46. The van der Waals surface area contributed by atoms with E-state index in [4.69, 9.17) is 5.26 Å². The average molecular weight is 330 g/mol. The number of halogens is 3. The zero-order valence-electron chi connectivity index (χ0n) is 12.8. The average Bonchev–Trinajstić information content (AvgIpc) is 2.50.